The standard InChI is InChI=1S/C11H23NO/c1-2-3-4-5-6-7-8-9-11(13)10-12/h2,11,13H,1,3-10,12H2. The summed E-state index contributed by atoms with van der Waals surface area (Å²) in [5.41, 5.74) is 5.29. The molecular weight excluding hydrogens is 162 g/mol. The summed E-state index contributed by atoms with van der Waals surface area (Å²) in [6.45, 7) is 4.08. The lowest BCUT2D eigenvalue weighted by atomic mass is 10.1. The third kappa shape index (κ3) is 9.57. The van der Waals surface area contributed by atoms with Crippen molar-refractivity contribution < 1.29 is 5.11 Å². The van der Waals surface area contributed by atoms with Crippen molar-refractivity contribution in [3.63, 3.8) is 0 Å². The van der Waals surface area contributed by atoms with Crippen molar-refractivity contribution in [1.29, 1.82) is 0 Å². The summed E-state index contributed by atoms with van der Waals surface area (Å²) < 4.78 is 0. The average Bonchev–Trinajstić information content (AvgIpc) is 2.16. The zero-order chi connectivity index (χ0) is 9.94. The van der Waals surface area contributed by atoms with Gasteiger partial charge in [-0.3, -0.25) is 0 Å². The van der Waals surface area contributed by atoms with E-state index in [1.165, 1.54) is 25.7 Å². The molecule has 0 aliphatic rings. The number of rotatable bonds is 9. The maximum Gasteiger partial charge on any atom is 0.0662 e. The molecule has 0 saturated carbocycles. The van der Waals surface area contributed by atoms with Crippen LogP contribution in [0.2, 0.25) is 0 Å². The Morgan fingerprint density at radius 2 is 1.77 bits per heavy atom. The molecule has 0 radical (unpaired) electrons. The summed E-state index contributed by atoms with van der Waals surface area (Å²) in [5, 5.41) is 9.16. The Kier molecular flexibility index (Phi) is 9.49. The van der Waals surface area contributed by atoms with Crippen LogP contribution in [0.3, 0.4) is 0 Å². The third-order valence-corrected chi connectivity index (χ3v) is 2.22. The maximum absolute atomic E-state index is 9.16. The van der Waals surface area contributed by atoms with E-state index in [4.69, 9.17) is 10.8 Å². The summed E-state index contributed by atoms with van der Waals surface area (Å²) in [5.74, 6) is 0. The molecule has 13 heavy (non-hydrogen) atoms. The van der Waals surface area contributed by atoms with Crippen LogP contribution in [0.15, 0.2) is 12.7 Å². The minimum atomic E-state index is -0.284. The minimum absolute atomic E-state index is 0.284. The monoisotopic (exact) mass is 185 g/mol. The van der Waals surface area contributed by atoms with Gasteiger partial charge in [0.05, 0.1) is 6.10 Å². The van der Waals surface area contributed by atoms with Gasteiger partial charge in [0, 0.05) is 6.54 Å². The second-order valence-electron chi connectivity index (χ2n) is 3.52. The first-order valence-corrected chi connectivity index (χ1v) is 5.30. The Morgan fingerprint density at radius 1 is 1.15 bits per heavy atom. The highest BCUT2D eigenvalue weighted by Crippen LogP contribution is 2.08. The Balaban J connectivity index is 2.95. The van der Waals surface area contributed by atoms with Crippen LogP contribution in [-0.2, 0) is 0 Å². The van der Waals surface area contributed by atoms with Crippen molar-refractivity contribution in [1.82, 2.24) is 0 Å². The van der Waals surface area contributed by atoms with Gasteiger partial charge in [-0.1, -0.05) is 31.8 Å². The van der Waals surface area contributed by atoms with Gasteiger partial charge in [-0.05, 0) is 19.3 Å². The predicted octanol–water partition coefficient (Wildman–Crippen LogP) is 2.22. The third-order valence-electron chi connectivity index (χ3n) is 2.22. The van der Waals surface area contributed by atoms with Gasteiger partial charge in [0.15, 0.2) is 0 Å². The predicted molar refractivity (Wildman–Crippen MR) is 57.6 cm³/mol. The second kappa shape index (κ2) is 9.75. The fraction of sp³-hybridized carbons (Fsp3) is 0.818. The van der Waals surface area contributed by atoms with Crippen LogP contribution in [0.1, 0.15) is 44.9 Å². The average molecular weight is 185 g/mol. The van der Waals surface area contributed by atoms with Crippen molar-refractivity contribution in [2.45, 2.75) is 51.0 Å². The van der Waals surface area contributed by atoms with Gasteiger partial charge in [0.25, 0.3) is 0 Å². The van der Waals surface area contributed by atoms with Gasteiger partial charge >= 0.3 is 0 Å². The number of nitrogens with two attached hydrogens (primary N) is 1. The van der Waals surface area contributed by atoms with E-state index in [9.17, 15) is 0 Å². The summed E-state index contributed by atoms with van der Waals surface area (Å²) in [6, 6.07) is 0. The molecule has 1 atom stereocenters. The van der Waals surface area contributed by atoms with E-state index in [2.05, 4.69) is 6.58 Å². The van der Waals surface area contributed by atoms with Gasteiger partial charge in [-0.15, -0.1) is 6.58 Å². The Hall–Kier alpha value is -0.340. The number of aliphatic hydroxyl groups excluding tert-OH is 1. The van der Waals surface area contributed by atoms with Gasteiger partial charge in [-0.2, -0.15) is 0 Å². The molecule has 78 valence electrons. The molecule has 0 saturated heterocycles. The van der Waals surface area contributed by atoms with E-state index in [1.54, 1.807) is 0 Å². The first-order valence-electron chi connectivity index (χ1n) is 5.30. The molecule has 3 N–H and O–H groups in total. The number of allylic oxidation sites excluding steroid dienone is 1. The van der Waals surface area contributed by atoms with Crippen molar-refractivity contribution in [2.24, 2.45) is 5.73 Å². The van der Waals surface area contributed by atoms with E-state index in [1.807, 2.05) is 6.08 Å². The molecule has 0 bridgehead atoms. The van der Waals surface area contributed by atoms with Crippen molar-refractivity contribution >= 4 is 0 Å². The molecule has 0 spiro atoms. The highest BCUT2D eigenvalue weighted by Gasteiger charge is 1.99. The van der Waals surface area contributed by atoms with E-state index in [-0.39, 0.29) is 6.10 Å². The largest absolute Gasteiger partial charge is 0.392 e. The van der Waals surface area contributed by atoms with Gasteiger partial charge in [0.1, 0.15) is 0 Å². The molecule has 0 aromatic heterocycles. The summed E-state index contributed by atoms with van der Waals surface area (Å²) in [6.07, 6.45) is 9.80. The molecular formula is C11H23NO. The van der Waals surface area contributed by atoms with E-state index >= 15 is 0 Å². The lowest BCUT2D eigenvalue weighted by Crippen LogP contribution is -2.19. The highest BCUT2D eigenvalue weighted by molar-refractivity contribution is 4.65. The van der Waals surface area contributed by atoms with E-state index in [0.29, 0.717) is 6.54 Å². The number of aliphatic hydroxyl groups is 1. The summed E-state index contributed by atoms with van der Waals surface area (Å²) in [4.78, 5) is 0. The molecule has 2 heteroatoms. The summed E-state index contributed by atoms with van der Waals surface area (Å²) in [7, 11) is 0. The summed E-state index contributed by atoms with van der Waals surface area (Å²) >= 11 is 0. The fourth-order valence-corrected chi connectivity index (χ4v) is 1.32. The minimum Gasteiger partial charge on any atom is -0.392 e. The van der Waals surface area contributed by atoms with Crippen molar-refractivity contribution in [2.75, 3.05) is 6.54 Å². The molecule has 0 amide bonds. The Labute approximate surface area is 81.8 Å². The molecule has 0 heterocycles. The van der Waals surface area contributed by atoms with Crippen LogP contribution in [-0.4, -0.2) is 17.8 Å². The molecule has 0 aromatic carbocycles. The SMILES string of the molecule is C=CCCCCCCCC(O)CN. The van der Waals surface area contributed by atoms with Gasteiger partial charge in [-0.25, -0.2) is 0 Å². The van der Waals surface area contributed by atoms with Crippen LogP contribution < -0.4 is 5.73 Å². The van der Waals surface area contributed by atoms with Crippen LogP contribution >= 0.6 is 0 Å². The number of hydrogen-bond donors (Lipinski definition) is 2. The zero-order valence-electron chi connectivity index (χ0n) is 8.54. The lowest BCUT2D eigenvalue weighted by Gasteiger charge is -2.06. The highest BCUT2D eigenvalue weighted by atomic mass is 16.3. The Morgan fingerprint density at radius 3 is 2.38 bits per heavy atom. The molecule has 0 rings (SSSR count). The quantitative estimate of drug-likeness (QED) is 0.427. The number of hydrogen-bond acceptors (Lipinski definition) is 2. The lowest BCUT2D eigenvalue weighted by molar-refractivity contribution is 0.168. The van der Waals surface area contributed by atoms with Crippen LogP contribution in [0.4, 0.5) is 0 Å². The Bertz CT molecular complexity index is 115. The normalized spacial score (nSPS) is 12.8. The molecule has 2 nitrogen and oxygen atoms in total. The second-order valence-corrected chi connectivity index (χ2v) is 3.52. The number of unbranched alkanes of at least 4 members (excludes halogenated alkanes) is 5. The first-order chi connectivity index (χ1) is 6.31. The van der Waals surface area contributed by atoms with E-state index < -0.39 is 0 Å². The van der Waals surface area contributed by atoms with Crippen LogP contribution in [0.5, 0.6) is 0 Å². The van der Waals surface area contributed by atoms with Crippen molar-refractivity contribution in [3.05, 3.63) is 12.7 Å². The molecule has 0 aromatic rings. The van der Waals surface area contributed by atoms with Gasteiger partial charge in [0.2, 0.25) is 0 Å². The zero-order valence-corrected chi connectivity index (χ0v) is 8.54. The molecule has 0 fully saturated rings. The topological polar surface area (TPSA) is 46.2 Å². The van der Waals surface area contributed by atoms with Gasteiger partial charge < -0.3 is 10.8 Å². The fourth-order valence-electron chi connectivity index (χ4n) is 1.32. The molecule has 0 aliphatic heterocycles. The van der Waals surface area contributed by atoms with Crippen LogP contribution in [0.25, 0.3) is 0 Å². The molecule has 1 unspecified atom stereocenters. The van der Waals surface area contributed by atoms with E-state index in [0.717, 1.165) is 19.3 Å². The van der Waals surface area contributed by atoms with Crippen molar-refractivity contribution in [3.8, 4) is 0 Å². The first kappa shape index (κ1) is 12.7. The molecule has 0 aliphatic carbocycles. The maximum atomic E-state index is 9.16. The van der Waals surface area contributed by atoms with Crippen LogP contribution in [0, 0.1) is 0 Å². The smallest absolute Gasteiger partial charge is 0.0662 e.